The number of hydrogen-bond acceptors (Lipinski definition) is 4. The highest BCUT2D eigenvalue weighted by Gasteiger charge is 2.19. The van der Waals surface area contributed by atoms with Crippen LogP contribution in [-0.2, 0) is 6.42 Å². The molecule has 2 N–H and O–H groups in total. The zero-order chi connectivity index (χ0) is 22.7. The molecule has 1 unspecified atom stereocenters. The molecule has 1 saturated heterocycles. The van der Waals surface area contributed by atoms with Crippen molar-refractivity contribution < 1.29 is 4.39 Å². The van der Waals surface area contributed by atoms with Crippen LogP contribution in [0.2, 0.25) is 0 Å². The normalized spacial score (nSPS) is 15.7. The van der Waals surface area contributed by atoms with Crippen molar-refractivity contribution in [3.8, 4) is 11.1 Å². The van der Waals surface area contributed by atoms with Gasteiger partial charge in [-0.15, -0.1) is 0 Å². The molecule has 0 aliphatic carbocycles. The molecule has 0 spiro atoms. The number of rotatable bonds is 7. The lowest BCUT2D eigenvalue weighted by atomic mass is 9.87. The van der Waals surface area contributed by atoms with Gasteiger partial charge >= 0.3 is 0 Å². The molecule has 0 amide bonds. The maximum Gasteiger partial charge on any atom is 0.129 e. The van der Waals surface area contributed by atoms with E-state index < -0.39 is 0 Å². The molecule has 1 aromatic carbocycles. The lowest BCUT2D eigenvalue weighted by Gasteiger charge is -2.22. The number of anilines is 1. The maximum atomic E-state index is 14.3. The highest BCUT2D eigenvalue weighted by Crippen LogP contribution is 2.32. The fourth-order valence-corrected chi connectivity index (χ4v) is 4.94. The SMILES string of the molecule is CCNc1ncc(-c2cnn(C3CCNCC3)c2)cc1CC(C)c1c(C)ccc(F)c1C. The second-order valence-corrected chi connectivity index (χ2v) is 8.96. The van der Waals surface area contributed by atoms with Crippen LogP contribution in [0.1, 0.15) is 60.9 Å². The molecule has 1 atom stereocenters. The van der Waals surface area contributed by atoms with Crippen LogP contribution in [0.5, 0.6) is 0 Å². The first-order valence-corrected chi connectivity index (χ1v) is 11.7. The highest BCUT2D eigenvalue weighted by atomic mass is 19.1. The summed E-state index contributed by atoms with van der Waals surface area (Å²) in [4.78, 5) is 4.74. The predicted octanol–water partition coefficient (Wildman–Crippen LogP) is 5.40. The first kappa shape index (κ1) is 22.5. The average molecular weight is 436 g/mol. The standard InChI is InChI=1S/C26H34FN5/c1-5-29-26-20(12-18(3)25-17(2)6-7-24(27)19(25)4)13-21(14-30-26)22-15-31-32(16-22)23-8-10-28-11-9-23/h6-7,13-16,18,23,28H,5,8-12H2,1-4H3,(H,29,30). The number of pyridine rings is 1. The molecule has 32 heavy (non-hydrogen) atoms. The Kier molecular flexibility index (Phi) is 6.89. The Morgan fingerprint density at radius 2 is 1.97 bits per heavy atom. The first-order valence-electron chi connectivity index (χ1n) is 11.7. The second kappa shape index (κ2) is 9.82. The van der Waals surface area contributed by atoms with E-state index in [9.17, 15) is 4.39 Å². The van der Waals surface area contributed by atoms with Crippen molar-refractivity contribution in [1.82, 2.24) is 20.1 Å². The molecule has 2 aromatic heterocycles. The topological polar surface area (TPSA) is 54.8 Å². The summed E-state index contributed by atoms with van der Waals surface area (Å²) in [5.41, 5.74) is 6.28. The Morgan fingerprint density at radius 1 is 1.19 bits per heavy atom. The quantitative estimate of drug-likeness (QED) is 0.521. The second-order valence-electron chi connectivity index (χ2n) is 8.96. The lowest BCUT2D eigenvalue weighted by molar-refractivity contribution is 0.343. The third-order valence-corrected chi connectivity index (χ3v) is 6.61. The van der Waals surface area contributed by atoms with Crippen molar-refractivity contribution in [2.45, 2.75) is 58.9 Å². The smallest absolute Gasteiger partial charge is 0.129 e. The summed E-state index contributed by atoms with van der Waals surface area (Å²) in [6, 6.07) is 6.11. The molecule has 0 bridgehead atoms. The number of hydrogen-bond donors (Lipinski definition) is 2. The van der Waals surface area contributed by atoms with E-state index in [-0.39, 0.29) is 11.7 Å². The zero-order valence-corrected chi connectivity index (χ0v) is 19.6. The number of piperidine rings is 1. The third kappa shape index (κ3) is 4.70. The van der Waals surface area contributed by atoms with Gasteiger partial charge < -0.3 is 10.6 Å². The first-order chi connectivity index (χ1) is 15.5. The average Bonchev–Trinajstić information content (AvgIpc) is 3.29. The Bertz CT molecular complexity index is 1070. The molecular weight excluding hydrogens is 401 g/mol. The van der Waals surface area contributed by atoms with Crippen molar-refractivity contribution in [1.29, 1.82) is 0 Å². The van der Waals surface area contributed by atoms with Gasteiger partial charge in [-0.05, 0) is 93.4 Å². The molecule has 1 aliphatic rings. The van der Waals surface area contributed by atoms with Crippen molar-refractivity contribution in [3.63, 3.8) is 0 Å². The summed E-state index contributed by atoms with van der Waals surface area (Å²) < 4.78 is 16.4. The number of benzene rings is 1. The van der Waals surface area contributed by atoms with Crippen molar-refractivity contribution in [3.05, 3.63) is 64.9 Å². The Labute approximate surface area is 190 Å². The van der Waals surface area contributed by atoms with Gasteiger partial charge in [-0.1, -0.05) is 13.0 Å². The molecule has 1 aliphatic heterocycles. The van der Waals surface area contributed by atoms with Crippen LogP contribution in [0, 0.1) is 19.7 Å². The van der Waals surface area contributed by atoms with Gasteiger partial charge in [-0.3, -0.25) is 4.68 Å². The van der Waals surface area contributed by atoms with Crippen LogP contribution < -0.4 is 10.6 Å². The molecule has 6 heteroatoms. The highest BCUT2D eigenvalue weighted by molar-refractivity contribution is 5.64. The number of nitrogens with one attached hydrogen (secondary N) is 2. The molecule has 170 valence electrons. The van der Waals surface area contributed by atoms with Crippen LogP contribution in [0.4, 0.5) is 10.2 Å². The molecule has 0 radical (unpaired) electrons. The molecule has 0 saturated carbocycles. The van der Waals surface area contributed by atoms with Gasteiger partial charge in [0.1, 0.15) is 11.6 Å². The van der Waals surface area contributed by atoms with E-state index in [4.69, 9.17) is 4.98 Å². The van der Waals surface area contributed by atoms with Crippen molar-refractivity contribution >= 4 is 5.82 Å². The summed E-state index contributed by atoms with van der Waals surface area (Å²) in [6.45, 7) is 11.1. The van der Waals surface area contributed by atoms with Gasteiger partial charge in [0.2, 0.25) is 0 Å². The van der Waals surface area contributed by atoms with Crippen molar-refractivity contribution in [2.24, 2.45) is 0 Å². The fraction of sp³-hybridized carbons (Fsp3) is 0.462. The summed E-state index contributed by atoms with van der Waals surface area (Å²) in [7, 11) is 0. The molecule has 4 rings (SSSR count). The van der Waals surface area contributed by atoms with E-state index in [1.54, 1.807) is 6.07 Å². The number of aryl methyl sites for hydroxylation is 1. The van der Waals surface area contributed by atoms with E-state index in [1.807, 2.05) is 25.4 Å². The summed E-state index contributed by atoms with van der Waals surface area (Å²) >= 11 is 0. The van der Waals surface area contributed by atoms with E-state index in [2.05, 4.69) is 53.4 Å². The van der Waals surface area contributed by atoms with E-state index in [1.165, 1.54) is 0 Å². The van der Waals surface area contributed by atoms with Crippen LogP contribution >= 0.6 is 0 Å². The minimum Gasteiger partial charge on any atom is -0.370 e. The van der Waals surface area contributed by atoms with Gasteiger partial charge in [-0.2, -0.15) is 5.10 Å². The van der Waals surface area contributed by atoms with Gasteiger partial charge in [0.25, 0.3) is 0 Å². The van der Waals surface area contributed by atoms with Gasteiger partial charge in [0.05, 0.1) is 12.2 Å². The summed E-state index contributed by atoms with van der Waals surface area (Å²) in [6.07, 6.45) is 9.01. The largest absolute Gasteiger partial charge is 0.370 e. The fourth-order valence-electron chi connectivity index (χ4n) is 4.94. The minimum absolute atomic E-state index is 0.137. The predicted molar refractivity (Wildman–Crippen MR) is 129 cm³/mol. The number of nitrogens with zero attached hydrogens (tertiary/aromatic N) is 3. The van der Waals surface area contributed by atoms with Gasteiger partial charge in [-0.25, -0.2) is 9.37 Å². The van der Waals surface area contributed by atoms with Crippen LogP contribution in [0.3, 0.4) is 0 Å². The maximum absolute atomic E-state index is 14.3. The lowest BCUT2D eigenvalue weighted by Crippen LogP contribution is -2.29. The zero-order valence-electron chi connectivity index (χ0n) is 19.6. The van der Waals surface area contributed by atoms with Crippen LogP contribution in [-0.4, -0.2) is 34.4 Å². The molecule has 1 fully saturated rings. The Balaban J connectivity index is 1.63. The molecule has 5 nitrogen and oxygen atoms in total. The molecular formula is C26H34FN5. The van der Waals surface area contributed by atoms with E-state index in [0.29, 0.717) is 6.04 Å². The van der Waals surface area contributed by atoms with E-state index in [0.717, 1.165) is 78.1 Å². The molecule has 3 heterocycles. The van der Waals surface area contributed by atoms with E-state index >= 15 is 0 Å². The van der Waals surface area contributed by atoms with Crippen molar-refractivity contribution in [2.75, 3.05) is 25.0 Å². The molecule has 3 aromatic rings. The summed E-state index contributed by atoms with van der Waals surface area (Å²) in [5.74, 6) is 0.944. The Morgan fingerprint density at radius 3 is 2.72 bits per heavy atom. The monoisotopic (exact) mass is 435 g/mol. The summed E-state index contributed by atoms with van der Waals surface area (Å²) in [5, 5.41) is 11.5. The number of aromatic nitrogens is 3. The van der Waals surface area contributed by atoms with Crippen LogP contribution in [0.15, 0.2) is 36.8 Å². The van der Waals surface area contributed by atoms with Gasteiger partial charge in [0, 0.05) is 30.1 Å². The minimum atomic E-state index is -0.137. The number of halogens is 1. The Hall–Kier alpha value is -2.73. The van der Waals surface area contributed by atoms with Gasteiger partial charge in [0.15, 0.2) is 0 Å². The third-order valence-electron chi connectivity index (χ3n) is 6.61. The van der Waals surface area contributed by atoms with Crippen LogP contribution in [0.25, 0.3) is 11.1 Å².